The second-order valence-corrected chi connectivity index (χ2v) is 8.14. The van der Waals surface area contributed by atoms with Crippen LogP contribution in [0.25, 0.3) is 10.1 Å². The number of anilines is 1. The number of para-hydroxylation sites is 1. The Balaban J connectivity index is 1.42. The first-order valence-corrected chi connectivity index (χ1v) is 10.2. The monoisotopic (exact) mass is 396 g/mol. The Morgan fingerprint density at radius 3 is 2.46 bits per heavy atom. The molecule has 4 nitrogen and oxygen atoms in total. The molecule has 0 radical (unpaired) electrons. The highest BCUT2D eigenvalue weighted by Gasteiger charge is 2.29. The lowest BCUT2D eigenvalue weighted by atomic mass is 9.95. The van der Waals surface area contributed by atoms with Crippen LogP contribution in [0.5, 0.6) is 0 Å². The zero-order chi connectivity index (χ0) is 19.7. The third-order valence-electron chi connectivity index (χ3n) is 5.29. The number of hydrogen-bond acceptors (Lipinski definition) is 3. The smallest absolute Gasteiger partial charge is 0.264 e. The van der Waals surface area contributed by atoms with Crippen LogP contribution in [0.3, 0.4) is 0 Å². The summed E-state index contributed by atoms with van der Waals surface area (Å²) in [5, 5.41) is 3.47. The molecule has 3 aromatic rings. The fourth-order valence-electron chi connectivity index (χ4n) is 3.71. The molecule has 0 aliphatic carbocycles. The number of fused-ring (bicyclic) bond motifs is 1. The standard InChI is InChI=1S/C22H21FN2O2S/c1-14-19-17(23)8-5-9-18(19)28-20(14)22(27)25-12-10-15(11-13-25)21(26)24-16-6-3-2-4-7-16/h2-9,15H,10-13H2,1H3,(H,24,26). The highest BCUT2D eigenvalue weighted by atomic mass is 32.1. The second-order valence-electron chi connectivity index (χ2n) is 7.09. The number of amides is 2. The van der Waals surface area contributed by atoms with Crippen molar-refractivity contribution in [1.82, 2.24) is 4.90 Å². The molecule has 4 rings (SSSR count). The number of carbonyl (C=O) groups excluding carboxylic acids is 2. The van der Waals surface area contributed by atoms with Gasteiger partial charge < -0.3 is 10.2 Å². The lowest BCUT2D eigenvalue weighted by Crippen LogP contribution is -2.41. The number of thiophene rings is 1. The molecule has 2 aromatic carbocycles. The maximum atomic E-state index is 14.1. The van der Waals surface area contributed by atoms with Gasteiger partial charge in [-0.15, -0.1) is 11.3 Å². The molecule has 144 valence electrons. The number of piperidine rings is 1. The largest absolute Gasteiger partial charge is 0.338 e. The van der Waals surface area contributed by atoms with Gasteiger partial charge in [-0.1, -0.05) is 24.3 Å². The van der Waals surface area contributed by atoms with E-state index in [9.17, 15) is 14.0 Å². The number of benzene rings is 2. The predicted molar refractivity (Wildman–Crippen MR) is 110 cm³/mol. The van der Waals surface area contributed by atoms with Gasteiger partial charge in [-0.2, -0.15) is 0 Å². The molecule has 1 saturated heterocycles. The molecule has 0 unspecified atom stereocenters. The minimum Gasteiger partial charge on any atom is -0.338 e. The number of rotatable bonds is 3. The van der Waals surface area contributed by atoms with Crippen LogP contribution in [0.4, 0.5) is 10.1 Å². The molecular weight excluding hydrogens is 375 g/mol. The molecule has 28 heavy (non-hydrogen) atoms. The number of halogens is 1. The van der Waals surface area contributed by atoms with Crippen molar-refractivity contribution in [3.8, 4) is 0 Å². The van der Waals surface area contributed by atoms with Crippen molar-refractivity contribution in [2.75, 3.05) is 18.4 Å². The lowest BCUT2D eigenvalue weighted by Gasteiger charge is -2.31. The van der Waals surface area contributed by atoms with E-state index in [4.69, 9.17) is 0 Å². The lowest BCUT2D eigenvalue weighted by molar-refractivity contribution is -0.121. The molecular formula is C22H21FN2O2S. The van der Waals surface area contributed by atoms with Crippen molar-refractivity contribution >= 4 is 38.9 Å². The van der Waals surface area contributed by atoms with E-state index in [1.54, 1.807) is 17.9 Å². The number of aryl methyl sites for hydroxylation is 1. The van der Waals surface area contributed by atoms with Gasteiger partial charge >= 0.3 is 0 Å². The Bertz CT molecular complexity index is 1020. The summed E-state index contributed by atoms with van der Waals surface area (Å²) in [7, 11) is 0. The van der Waals surface area contributed by atoms with Gasteiger partial charge in [-0.05, 0) is 49.6 Å². The van der Waals surface area contributed by atoms with Gasteiger partial charge in [0.2, 0.25) is 5.91 Å². The van der Waals surface area contributed by atoms with E-state index in [-0.39, 0.29) is 23.5 Å². The number of nitrogens with zero attached hydrogens (tertiary/aromatic N) is 1. The van der Waals surface area contributed by atoms with E-state index in [1.807, 2.05) is 36.4 Å². The molecule has 0 atom stereocenters. The topological polar surface area (TPSA) is 49.4 Å². The van der Waals surface area contributed by atoms with E-state index >= 15 is 0 Å². The summed E-state index contributed by atoms with van der Waals surface area (Å²) in [5.74, 6) is -0.467. The van der Waals surface area contributed by atoms with Gasteiger partial charge in [0.15, 0.2) is 0 Å². The van der Waals surface area contributed by atoms with Crippen LogP contribution >= 0.6 is 11.3 Å². The summed E-state index contributed by atoms with van der Waals surface area (Å²) in [6.07, 6.45) is 1.26. The highest BCUT2D eigenvalue weighted by molar-refractivity contribution is 7.21. The maximum absolute atomic E-state index is 14.1. The van der Waals surface area contributed by atoms with E-state index < -0.39 is 0 Å². The van der Waals surface area contributed by atoms with Crippen molar-refractivity contribution in [3.05, 3.63) is 64.8 Å². The van der Waals surface area contributed by atoms with E-state index in [0.29, 0.717) is 41.8 Å². The van der Waals surface area contributed by atoms with Gasteiger partial charge in [0, 0.05) is 34.8 Å². The van der Waals surface area contributed by atoms with Gasteiger partial charge in [-0.25, -0.2) is 4.39 Å². The van der Waals surface area contributed by atoms with Gasteiger partial charge in [-0.3, -0.25) is 9.59 Å². The van der Waals surface area contributed by atoms with E-state index in [2.05, 4.69) is 5.32 Å². The van der Waals surface area contributed by atoms with Crippen molar-refractivity contribution < 1.29 is 14.0 Å². The van der Waals surface area contributed by atoms with Gasteiger partial charge in [0.1, 0.15) is 5.82 Å². The molecule has 1 aliphatic heterocycles. The molecule has 1 aromatic heterocycles. The van der Waals surface area contributed by atoms with Crippen LogP contribution in [0, 0.1) is 18.7 Å². The zero-order valence-electron chi connectivity index (χ0n) is 15.6. The Hall–Kier alpha value is -2.73. The van der Waals surface area contributed by atoms with Crippen molar-refractivity contribution in [2.24, 2.45) is 5.92 Å². The Labute approximate surface area is 167 Å². The minimum absolute atomic E-state index is 0.00147. The van der Waals surface area contributed by atoms with Crippen molar-refractivity contribution in [2.45, 2.75) is 19.8 Å². The molecule has 1 N–H and O–H groups in total. The number of nitrogens with one attached hydrogen (secondary N) is 1. The summed E-state index contributed by atoms with van der Waals surface area (Å²) in [4.78, 5) is 27.8. The van der Waals surface area contributed by atoms with Crippen LogP contribution < -0.4 is 5.32 Å². The summed E-state index contributed by atoms with van der Waals surface area (Å²) in [5.41, 5.74) is 1.49. The Morgan fingerprint density at radius 2 is 1.79 bits per heavy atom. The number of likely N-dealkylation sites (tertiary alicyclic amines) is 1. The first-order chi connectivity index (χ1) is 13.5. The average molecular weight is 396 g/mol. The third kappa shape index (κ3) is 3.52. The van der Waals surface area contributed by atoms with E-state index in [0.717, 1.165) is 10.4 Å². The van der Waals surface area contributed by atoms with Crippen LogP contribution in [-0.2, 0) is 4.79 Å². The summed E-state index contributed by atoms with van der Waals surface area (Å²) in [6.45, 7) is 2.86. The van der Waals surface area contributed by atoms with Gasteiger partial charge in [0.05, 0.1) is 4.88 Å². The normalized spacial score (nSPS) is 15.0. The summed E-state index contributed by atoms with van der Waals surface area (Å²) in [6, 6.07) is 14.3. The van der Waals surface area contributed by atoms with Gasteiger partial charge in [0.25, 0.3) is 5.91 Å². The minimum atomic E-state index is -0.290. The van der Waals surface area contributed by atoms with Crippen molar-refractivity contribution in [3.63, 3.8) is 0 Å². The maximum Gasteiger partial charge on any atom is 0.264 e. The van der Waals surface area contributed by atoms with Crippen LogP contribution in [0.15, 0.2) is 48.5 Å². The first-order valence-electron chi connectivity index (χ1n) is 9.37. The number of carbonyl (C=O) groups is 2. The third-order valence-corrected chi connectivity index (χ3v) is 6.54. The molecule has 1 aliphatic rings. The molecule has 1 fully saturated rings. The molecule has 0 spiro atoms. The van der Waals surface area contributed by atoms with Crippen LogP contribution in [0.2, 0.25) is 0 Å². The second kappa shape index (κ2) is 7.72. The van der Waals surface area contributed by atoms with Crippen LogP contribution in [-0.4, -0.2) is 29.8 Å². The quantitative estimate of drug-likeness (QED) is 0.689. The summed E-state index contributed by atoms with van der Waals surface area (Å²) >= 11 is 1.34. The highest BCUT2D eigenvalue weighted by Crippen LogP contribution is 2.34. The average Bonchev–Trinajstić information content (AvgIpc) is 3.06. The van der Waals surface area contributed by atoms with E-state index in [1.165, 1.54) is 17.4 Å². The fourth-order valence-corrected chi connectivity index (χ4v) is 4.90. The molecule has 0 saturated carbocycles. The van der Waals surface area contributed by atoms with Crippen LogP contribution in [0.1, 0.15) is 28.1 Å². The Morgan fingerprint density at radius 1 is 1.07 bits per heavy atom. The SMILES string of the molecule is Cc1c(C(=O)N2CCC(C(=O)Nc3ccccc3)CC2)sc2cccc(F)c12. The van der Waals surface area contributed by atoms with Crippen molar-refractivity contribution in [1.29, 1.82) is 0 Å². The summed E-state index contributed by atoms with van der Waals surface area (Å²) < 4.78 is 14.9. The first kappa shape index (κ1) is 18.6. The molecule has 0 bridgehead atoms. The molecule has 2 amide bonds. The Kier molecular flexibility index (Phi) is 5.13. The number of hydrogen-bond donors (Lipinski definition) is 1. The molecule has 6 heteroatoms. The predicted octanol–water partition coefficient (Wildman–Crippen LogP) is 4.84. The zero-order valence-corrected chi connectivity index (χ0v) is 16.4. The fraction of sp³-hybridized carbons (Fsp3) is 0.273. The molecule has 2 heterocycles.